The number of amides is 2. The maximum Gasteiger partial charge on any atom is 0.416 e. The smallest absolute Gasteiger partial charge is 0.416 e. The van der Waals surface area contributed by atoms with E-state index in [1.54, 1.807) is 63.2 Å². The zero-order chi connectivity index (χ0) is 53.0. The molecule has 4 aromatic carbocycles. The summed E-state index contributed by atoms with van der Waals surface area (Å²) in [7, 11) is 0. The number of carboxylic acid groups (broad SMARTS) is 2. The summed E-state index contributed by atoms with van der Waals surface area (Å²) in [5, 5.41) is 20.4. The molecule has 0 spiro atoms. The van der Waals surface area contributed by atoms with Crippen LogP contribution in [0.2, 0.25) is 0 Å². The van der Waals surface area contributed by atoms with Gasteiger partial charge in [0.2, 0.25) is 11.8 Å². The topological polar surface area (TPSA) is 149 Å². The van der Waals surface area contributed by atoms with E-state index in [1.165, 1.54) is 12.1 Å². The zero-order valence-corrected chi connectivity index (χ0v) is 41.8. The highest BCUT2D eigenvalue weighted by molar-refractivity contribution is 5.97. The Balaban J connectivity index is 0.000000217. The molecule has 2 fully saturated rings. The first kappa shape index (κ1) is 55.6. The summed E-state index contributed by atoms with van der Waals surface area (Å²) in [4.78, 5) is 52.0. The van der Waals surface area contributed by atoms with Crippen LogP contribution in [0.1, 0.15) is 140 Å². The number of carbonyl (C=O) groups is 4. The summed E-state index contributed by atoms with van der Waals surface area (Å²) in [5.74, 6) is -1.08. The summed E-state index contributed by atoms with van der Waals surface area (Å²) >= 11 is 0. The van der Waals surface area contributed by atoms with Crippen LogP contribution in [0.25, 0.3) is 0 Å². The number of aliphatic carboxylic acids is 2. The van der Waals surface area contributed by atoms with E-state index in [0.29, 0.717) is 72.8 Å². The molecular weight excluding hydrogens is 971 g/mol. The van der Waals surface area contributed by atoms with Crippen molar-refractivity contribution in [3.05, 3.63) is 117 Å². The summed E-state index contributed by atoms with van der Waals surface area (Å²) in [5.41, 5.74) is 4.02. The molecule has 0 radical (unpaired) electrons. The lowest BCUT2D eigenvalue weighted by Crippen LogP contribution is -2.40. The Morgan fingerprint density at radius 1 is 0.622 bits per heavy atom. The number of rotatable bonds is 19. The Bertz CT molecular complexity index is 2590. The van der Waals surface area contributed by atoms with E-state index in [1.807, 2.05) is 19.1 Å². The van der Waals surface area contributed by atoms with Gasteiger partial charge in [0.25, 0.3) is 0 Å². The van der Waals surface area contributed by atoms with Gasteiger partial charge in [-0.3, -0.25) is 24.1 Å². The average Bonchev–Trinajstić information content (AvgIpc) is 4.02. The first-order valence-corrected chi connectivity index (χ1v) is 25.8. The fraction of sp³-hybridized carbons (Fsp3) is 0.500. The molecule has 4 aromatic rings. The van der Waals surface area contributed by atoms with Gasteiger partial charge in [0.05, 0.1) is 37.1 Å². The summed E-state index contributed by atoms with van der Waals surface area (Å²) in [6.45, 7) is 4.23. The second-order valence-electron chi connectivity index (χ2n) is 19.6. The SMILES string of the molecule is CCN(CCC(=O)O)CC(=O)N1CCc2cc(OCc3ccc(C4CCCCC4)c(C(F)(F)F)c3)ccc21.O=C(O)CCNCC(=O)N1CCc2cc(OCc3ccc(C4CCCCC4)c(C(F)(F)F)c3)ccc21. The van der Waals surface area contributed by atoms with Crippen LogP contribution in [0.4, 0.5) is 37.7 Å². The van der Waals surface area contributed by atoms with Crippen LogP contribution in [-0.4, -0.2) is 84.7 Å². The van der Waals surface area contributed by atoms with E-state index < -0.39 is 35.4 Å². The number of carboxylic acids is 2. The fourth-order valence-electron chi connectivity index (χ4n) is 10.6. The predicted molar refractivity (Wildman–Crippen MR) is 268 cm³/mol. The number of alkyl halides is 6. The number of hydrogen-bond acceptors (Lipinski definition) is 8. The third kappa shape index (κ3) is 15.0. The van der Waals surface area contributed by atoms with Crippen molar-refractivity contribution in [1.29, 1.82) is 0 Å². The first-order valence-electron chi connectivity index (χ1n) is 25.8. The van der Waals surface area contributed by atoms with Crippen molar-refractivity contribution in [1.82, 2.24) is 10.2 Å². The molecule has 2 heterocycles. The Kier molecular flexibility index (Phi) is 19.1. The van der Waals surface area contributed by atoms with E-state index in [0.717, 1.165) is 86.7 Å². The van der Waals surface area contributed by atoms with E-state index in [-0.39, 0.29) is 69.3 Å². The van der Waals surface area contributed by atoms with Crippen LogP contribution >= 0.6 is 0 Å². The van der Waals surface area contributed by atoms with Crippen molar-refractivity contribution in [2.45, 2.75) is 134 Å². The molecule has 4 aliphatic rings. The fourth-order valence-corrected chi connectivity index (χ4v) is 10.6. The average molecular weight is 1040 g/mol. The molecule has 2 amide bonds. The van der Waals surface area contributed by atoms with Crippen molar-refractivity contribution in [2.75, 3.05) is 55.6 Å². The van der Waals surface area contributed by atoms with Crippen molar-refractivity contribution >= 4 is 35.1 Å². The Morgan fingerprint density at radius 2 is 1.08 bits per heavy atom. The number of anilines is 2. The molecule has 0 saturated heterocycles. The molecule has 8 rings (SSSR count). The van der Waals surface area contributed by atoms with Crippen molar-refractivity contribution in [2.24, 2.45) is 0 Å². The van der Waals surface area contributed by atoms with Gasteiger partial charge in [0.15, 0.2) is 0 Å². The van der Waals surface area contributed by atoms with Crippen molar-refractivity contribution in [3.8, 4) is 11.5 Å². The maximum absolute atomic E-state index is 13.9. The number of halogens is 6. The molecule has 2 aliphatic heterocycles. The van der Waals surface area contributed by atoms with Crippen LogP contribution < -0.4 is 24.6 Å². The Hall–Kier alpha value is -6.14. The summed E-state index contributed by atoms with van der Waals surface area (Å²) < 4.78 is 94.8. The lowest BCUT2D eigenvalue weighted by atomic mass is 9.81. The van der Waals surface area contributed by atoms with Crippen LogP contribution in [0.15, 0.2) is 72.8 Å². The molecule has 12 nitrogen and oxygen atoms in total. The monoisotopic (exact) mass is 1040 g/mol. The molecule has 400 valence electrons. The molecule has 74 heavy (non-hydrogen) atoms. The number of hydrogen-bond donors (Lipinski definition) is 3. The third-order valence-corrected chi connectivity index (χ3v) is 14.5. The number of carbonyl (C=O) groups excluding carboxylic acids is 2. The summed E-state index contributed by atoms with van der Waals surface area (Å²) in [6, 6.07) is 19.8. The second kappa shape index (κ2) is 25.4. The Labute approximate surface area is 428 Å². The number of ether oxygens (including phenoxy) is 2. The highest BCUT2D eigenvalue weighted by atomic mass is 19.4. The van der Waals surface area contributed by atoms with Crippen LogP contribution in [0.3, 0.4) is 0 Å². The minimum Gasteiger partial charge on any atom is -0.489 e. The normalized spacial score (nSPS) is 16.1. The largest absolute Gasteiger partial charge is 0.489 e. The van der Waals surface area contributed by atoms with E-state index in [9.17, 15) is 45.5 Å². The van der Waals surface area contributed by atoms with Crippen LogP contribution in [0, 0.1) is 0 Å². The second-order valence-corrected chi connectivity index (χ2v) is 19.6. The molecule has 3 N–H and O–H groups in total. The van der Waals surface area contributed by atoms with E-state index in [2.05, 4.69) is 5.32 Å². The minimum atomic E-state index is -4.41. The molecular formula is C56H66F6N4O8. The van der Waals surface area contributed by atoms with Gasteiger partial charge in [-0.1, -0.05) is 69.7 Å². The van der Waals surface area contributed by atoms with E-state index in [4.69, 9.17) is 19.7 Å². The minimum absolute atomic E-state index is 0.0168. The van der Waals surface area contributed by atoms with Gasteiger partial charge < -0.3 is 34.8 Å². The van der Waals surface area contributed by atoms with Gasteiger partial charge in [-0.05, 0) is 139 Å². The zero-order valence-electron chi connectivity index (χ0n) is 41.8. The molecule has 18 heteroatoms. The van der Waals surface area contributed by atoms with Crippen molar-refractivity contribution in [3.63, 3.8) is 0 Å². The lowest BCUT2D eigenvalue weighted by Gasteiger charge is -2.25. The molecule has 0 aromatic heterocycles. The van der Waals surface area contributed by atoms with Gasteiger partial charge in [0.1, 0.15) is 24.7 Å². The molecule has 0 bridgehead atoms. The van der Waals surface area contributed by atoms with Gasteiger partial charge >= 0.3 is 24.3 Å². The lowest BCUT2D eigenvalue weighted by molar-refractivity contribution is -0.139. The molecule has 2 aliphatic carbocycles. The van der Waals surface area contributed by atoms with E-state index >= 15 is 0 Å². The predicted octanol–water partition coefficient (Wildman–Crippen LogP) is 11.3. The maximum atomic E-state index is 13.9. The molecule has 0 atom stereocenters. The van der Waals surface area contributed by atoms with Gasteiger partial charge in [-0.25, -0.2) is 0 Å². The Morgan fingerprint density at radius 3 is 1.51 bits per heavy atom. The number of fused-ring (bicyclic) bond motifs is 2. The van der Waals surface area contributed by atoms with Crippen LogP contribution in [-0.2, 0) is 57.6 Å². The number of nitrogens with one attached hydrogen (secondary N) is 1. The number of nitrogens with zero attached hydrogens (tertiary/aromatic N) is 3. The molecule has 2 saturated carbocycles. The summed E-state index contributed by atoms with van der Waals surface area (Å²) in [6.07, 6.45) is 1.62. The first-order chi connectivity index (χ1) is 35.4. The van der Waals surface area contributed by atoms with Gasteiger partial charge in [-0.15, -0.1) is 0 Å². The standard InChI is InChI=1S/C29H35F3N2O4.C27H31F3N2O4/c1-2-33(14-13-28(36)37)18-27(35)34-15-12-22-17-23(9-11-26(22)34)38-19-20-8-10-24(21-6-4-3-5-7-21)25(16-20)29(30,31)32;28-27(29,30)23-14-18(6-8-22(23)19-4-2-1-3-5-19)17-36-21-7-9-24-20(15-21)11-13-32(24)25(33)16-31-12-10-26(34)35/h8-11,16-17,21H,2-7,12-15,18-19H2,1H3,(H,36,37);6-9,14-15,19,31H,1-5,10-13,16-17H2,(H,34,35). The number of likely N-dealkylation sites (N-methyl/N-ethyl adjacent to an activating group) is 1. The van der Waals surface area contributed by atoms with Crippen molar-refractivity contribution < 1.29 is 65.2 Å². The van der Waals surface area contributed by atoms with Gasteiger partial charge in [0, 0.05) is 37.6 Å². The van der Waals surface area contributed by atoms with Gasteiger partial charge in [-0.2, -0.15) is 26.3 Å². The highest BCUT2D eigenvalue weighted by Gasteiger charge is 2.37. The quantitative estimate of drug-likeness (QED) is 0.0612. The number of benzene rings is 4. The van der Waals surface area contributed by atoms with Crippen LogP contribution in [0.5, 0.6) is 11.5 Å². The third-order valence-electron chi connectivity index (χ3n) is 14.5. The highest BCUT2D eigenvalue weighted by Crippen LogP contribution is 2.43. The molecule has 0 unspecified atom stereocenters.